The van der Waals surface area contributed by atoms with Gasteiger partial charge in [-0.3, -0.25) is 19.3 Å². The van der Waals surface area contributed by atoms with Crippen LogP contribution in [-0.2, 0) is 25.5 Å². The number of halogens is 1. The lowest BCUT2D eigenvalue weighted by Gasteiger charge is -2.28. The highest BCUT2D eigenvalue weighted by Crippen LogP contribution is 2.61. The zero-order valence-electron chi connectivity index (χ0n) is 22.0. The monoisotopic (exact) mass is 600 g/mol. The molecular weight excluding hydrogens is 572 g/mol. The van der Waals surface area contributed by atoms with Gasteiger partial charge in [-0.05, 0) is 90.6 Å². The zero-order valence-corrected chi connectivity index (χ0v) is 23.6. The smallest absolute Gasteiger partial charge is 0.338 e. The van der Waals surface area contributed by atoms with E-state index in [0.717, 1.165) is 29.3 Å². The molecule has 1 aliphatic heterocycles. The maximum atomic E-state index is 13.5. The minimum Gasteiger partial charge on any atom is -0.452 e. The van der Waals surface area contributed by atoms with Gasteiger partial charge in [-0.15, -0.1) is 0 Å². The van der Waals surface area contributed by atoms with E-state index in [2.05, 4.69) is 33.4 Å². The number of carbonyl (C=O) groups is 4. The number of hydrogen-bond acceptors (Lipinski definition) is 5. The molecule has 7 nitrogen and oxygen atoms in total. The van der Waals surface area contributed by atoms with Crippen molar-refractivity contribution in [3.8, 4) is 0 Å². The lowest BCUT2D eigenvalue weighted by Crippen LogP contribution is -2.33. The Labute approximate surface area is 241 Å². The van der Waals surface area contributed by atoms with Gasteiger partial charge in [0.05, 0.1) is 23.1 Å². The van der Waals surface area contributed by atoms with Crippen molar-refractivity contribution in [3.63, 3.8) is 0 Å². The molecule has 1 N–H and O–H groups in total. The first-order chi connectivity index (χ1) is 19.4. The second kappa shape index (κ2) is 10.7. The summed E-state index contributed by atoms with van der Waals surface area (Å²) in [6, 6.07) is 22.1. The Morgan fingerprint density at radius 1 is 0.950 bits per heavy atom. The maximum absolute atomic E-state index is 13.5. The fourth-order valence-electron chi connectivity index (χ4n) is 6.92. The Morgan fingerprint density at radius 3 is 2.40 bits per heavy atom. The van der Waals surface area contributed by atoms with E-state index in [-0.39, 0.29) is 41.0 Å². The highest BCUT2D eigenvalue weighted by molar-refractivity contribution is 9.10. The van der Waals surface area contributed by atoms with Crippen LogP contribution in [-0.4, -0.2) is 30.3 Å². The van der Waals surface area contributed by atoms with Crippen LogP contribution in [0.4, 0.5) is 11.4 Å². The average Bonchev–Trinajstić information content (AvgIpc) is 3.64. The third kappa shape index (κ3) is 4.64. The van der Waals surface area contributed by atoms with Gasteiger partial charge in [0.2, 0.25) is 11.8 Å². The summed E-state index contributed by atoms with van der Waals surface area (Å²) in [4.78, 5) is 53.2. The van der Waals surface area contributed by atoms with Gasteiger partial charge in [-0.1, -0.05) is 53.2 Å². The summed E-state index contributed by atoms with van der Waals surface area (Å²) in [7, 11) is 0. The molecule has 3 aromatic carbocycles. The number of hydrogen-bond donors (Lipinski definition) is 1. The Kier molecular flexibility index (Phi) is 7.04. The third-order valence-electron chi connectivity index (χ3n) is 8.66. The molecule has 0 unspecified atom stereocenters. The van der Waals surface area contributed by atoms with E-state index in [0.29, 0.717) is 17.3 Å². The minimum atomic E-state index is -0.659. The molecule has 2 saturated carbocycles. The summed E-state index contributed by atoms with van der Waals surface area (Å²) < 4.78 is 6.13. The van der Waals surface area contributed by atoms with Gasteiger partial charge in [-0.2, -0.15) is 0 Å². The fraction of sp³-hybridized carbons (Fsp3) is 0.312. The molecule has 1 saturated heterocycles. The van der Waals surface area contributed by atoms with E-state index in [9.17, 15) is 19.2 Å². The van der Waals surface area contributed by atoms with Crippen molar-refractivity contribution in [2.24, 2.45) is 23.7 Å². The van der Waals surface area contributed by atoms with Crippen molar-refractivity contribution < 1.29 is 23.9 Å². The van der Waals surface area contributed by atoms with Crippen LogP contribution in [0.1, 0.15) is 47.2 Å². The van der Waals surface area contributed by atoms with Crippen LogP contribution >= 0.6 is 15.9 Å². The standard InChI is InChI=1S/C32H29BrN2O5/c1-2-18-14-22(33)10-13-26(18)34-27(36)17-40-32(39)20-8-11-23(12-9-20)35-30(37)28-21-15-24(19-6-4-3-5-7-19)25(16-21)29(28)31(35)38/h3-14,21,24-25,28-29H,2,15-17H2,1H3,(H,34,36)/t21-,24+,25+,28+,29+/m0/s1. The topological polar surface area (TPSA) is 92.8 Å². The molecule has 2 bridgehead atoms. The maximum Gasteiger partial charge on any atom is 0.338 e. The Bertz CT molecular complexity index is 1490. The van der Waals surface area contributed by atoms with Crippen LogP contribution in [0.15, 0.2) is 77.3 Å². The molecular formula is C32H29BrN2O5. The van der Waals surface area contributed by atoms with Crippen LogP contribution < -0.4 is 10.2 Å². The van der Waals surface area contributed by atoms with E-state index in [4.69, 9.17) is 4.74 Å². The Hall–Kier alpha value is -3.78. The van der Waals surface area contributed by atoms with Crippen molar-refractivity contribution >= 4 is 51.0 Å². The number of benzene rings is 3. The SMILES string of the molecule is CCc1cc(Br)ccc1NC(=O)COC(=O)c1ccc(N2C(=O)[C@@H]3[C@@H]4C[C@@H]([C@H]3C2=O)[C@@H](c2ccccc2)C4)cc1. The van der Waals surface area contributed by atoms with Crippen molar-refractivity contribution in [2.75, 3.05) is 16.8 Å². The van der Waals surface area contributed by atoms with E-state index in [1.807, 2.05) is 37.3 Å². The molecule has 40 heavy (non-hydrogen) atoms. The van der Waals surface area contributed by atoms with E-state index < -0.39 is 18.5 Å². The number of fused-ring (bicyclic) bond motifs is 5. The molecule has 3 amide bonds. The number of aryl methyl sites for hydroxylation is 1. The third-order valence-corrected chi connectivity index (χ3v) is 9.15. The van der Waals surface area contributed by atoms with Gasteiger partial charge < -0.3 is 10.1 Å². The average molecular weight is 601 g/mol. The highest BCUT2D eigenvalue weighted by Gasteiger charge is 2.64. The highest BCUT2D eigenvalue weighted by atomic mass is 79.9. The van der Waals surface area contributed by atoms with Crippen molar-refractivity contribution in [1.82, 2.24) is 0 Å². The molecule has 6 rings (SSSR count). The van der Waals surface area contributed by atoms with E-state index in [1.165, 1.54) is 22.6 Å². The van der Waals surface area contributed by atoms with E-state index >= 15 is 0 Å². The molecule has 3 aliphatic rings. The predicted octanol–water partition coefficient (Wildman–Crippen LogP) is 5.74. The Balaban J connectivity index is 1.09. The van der Waals surface area contributed by atoms with Crippen molar-refractivity contribution in [1.29, 1.82) is 0 Å². The number of ether oxygens (including phenoxy) is 1. The normalized spacial score (nSPS) is 24.8. The predicted molar refractivity (Wildman–Crippen MR) is 154 cm³/mol. The van der Waals surface area contributed by atoms with Gasteiger partial charge in [0.15, 0.2) is 6.61 Å². The summed E-state index contributed by atoms with van der Waals surface area (Å²) in [6.07, 6.45) is 2.59. The van der Waals surface area contributed by atoms with E-state index in [1.54, 1.807) is 18.2 Å². The number of amides is 3. The van der Waals surface area contributed by atoms with Crippen LogP contribution in [0.3, 0.4) is 0 Å². The zero-order chi connectivity index (χ0) is 28.0. The molecule has 3 fully saturated rings. The summed E-state index contributed by atoms with van der Waals surface area (Å²) in [5.41, 5.74) is 3.56. The summed E-state index contributed by atoms with van der Waals surface area (Å²) in [5, 5.41) is 2.78. The molecule has 204 valence electrons. The number of anilines is 2. The van der Waals surface area contributed by atoms with Crippen LogP contribution in [0.25, 0.3) is 0 Å². The number of rotatable bonds is 7. The van der Waals surface area contributed by atoms with Gasteiger partial charge in [0.25, 0.3) is 5.91 Å². The molecule has 0 aromatic heterocycles. The fourth-order valence-corrected chi connectivity index (χ4v) is 7.33. The first kappa shape index (κ1) is 26.4. The first-order valence-corrected chi connectivity index (χ1v) is 14.4. The van der Waals surface area contributed by atoms with Gasteiger partial charge >= 0.3 is 5.97 Å². The first-order valence-electron chi connectivity index (χ1n) is 13.6. The number of imide groups is 1. The molecule has 0 radical (unpaired) electrons. The van der Waals surface area contributed by atoms with Crippen LogP contribution in [0, 0.1) is 23.7 Å². The van der Waals surface area contributed by atoms with Crippen molar-refractivity contribution in [2.45, 2.75) is 32.1 Å². The molecule has 5 atom stereocenters. The van der Waals surface area contributed by atoms with Crippen molar-refractivity contribution in [3.05, 3.63) is 94.0 Å². The summed E-state index contributed by atoms with van der Waals surface area (Å²) in [6.45, 7) is 1.56. The second-order valence-electron chi connectivity index (χ2n) is 10.8. The van der Waals surface area contributed by atoms with Gasteiger partial charge in [0, 0.05) is 10.2 Å². The Morgan fingerprint density at radius 2 is 1.68 bits per heavy atom. The quantitative estimate of drug-likeness (QED) is 0.276. The van der Waals surface area contributed by atoms with Gasteiger partial charge in [-0.25, -0.2) is 4.79 Å². The second-order valence-corrected chi connectivity index (χ2v) is 11.7. The number of nitrogens with one attached hydrogen (secondary N) is 1. The molecule has 0 spiro atoms. The van der Waals surface area contributed by atoms with Crippen LogP contribution in [0.5, 0.6) is 0 Å². The molecule has 2 aliphatic carbocycles. The minimum absolute atomic E-state index is 0.139. The molecule has 8 heteroatoms. The summed E-state index contributed by atoms with van der Waals surface area (Å²) in [5.74, 6) is -1.25. The lowest BCUT2D eigenvalue weighted by molar-refractivity contribution is -0.123. The summed E-state index contributed by atoms with van der Waals surface area (Å²) >= 11 is 3.42. The van der Waals surface area contributed by atoms with Crippen LogP contribution in [0.2, 0.25) is 0 Å². The number of carbonyl (C=O) groups excluding carboxylic acids is 4. The number of nitrogens with zero attached hydrogens (tertiary/aromatic N) is 1. The van der Waals surface area contributed by atoms with Gasteiger partial charge in [0.1, 0.15) is 0 Å². The molecule has 1 heterocycles. The number of esters is 1. The lowest BCUT2D eigenvalue weighted by atomic mass is 9.73. The largest absolute Gasteiger partial charge is 0.452 e. The molecule has 3 aromatic rings.